The molecule has 0 aliphatic carbocycles. The molecule has 1 aromatic heterocycles. The van der Waals surface area contributed by atoms with Gasteiger partial charge in [-0.3, -0.25) is 18.8 Å². The second-order valence-corrected chi connectivity index (χ2v) is 7.63. The number of carbonyl (C=O) groups excluding carboxylic acids is 1. The fraction of sp³-hybridized carbons (Fsp3) is 0.364. The molecule has 1 saturated heterocycles. The van der Waals surface area contributed by atoms with Crippen LogP contribution < -0.4 is 11.0 Å². The number of hydrogen-bond acceptors (Lipinski definition) is 3. The Kier molecular flexibility index (Phi) is 5.05. The van der Waals surface area contributed by atoms with E-state index in [2.05, 4.69) is 34.5 Å². The van der Waals surface area contributed by atoms with Gasteiger partial charge in [-0.25, -0.2) is 4.79 Å². The zero-order valence-corrected chi connectivity index (χ0v) is 16.4. The van der Waals surface area contributed by atoms with Crippen molar-refractivity contribution in [2.75, 3.05) is 18.4 Å². The number of fused-ring (bicyclic) bond motifs is 1. The molecule has 0 spiro atoms. The Hall–Kier alpha value is -2.86. The summed E-state index contributed by atoms with van der Waals surface area (Å²) < 4.78 is 3.22. The number of hydrogen-bond donors (Lipinski definition) is 1. The van der Waals surface area contributed by atoms with Gasteiger partial charge in [0.2, 0.25) is 5.91 Å². The first-order chi connectivity index (χ1) is 13.5. The topological polar surface area (TPSA) is 59.3 Å². The minimum atomic E-state index is -0.0655. The summed E-state index contributed by atoms with van der Waals surface area (Å²) in [7, 11) is 3.50. The largest absolute Gasteiger partial charge is 0.328 e. The number of piperidine rings is 1. The van der Waals surface area contributed by atoms with Gasteiger partial charge in [-0.15, -0.1) is 0 Å². The van der Waals surface area contributed by atoms with Gasteiger partial charge in [-0.2, -0.15) is 0 Å². The summed E-state index contributed by atoms with van der Waals surface area (Å²) in [6.07, 6.45) is 1.73. The van der Waals surface area contributed by atoms with Crippen molar-refractivity contribution in [3.8, 4) is 0 Å². The fourth-order valence-electron chi connectivity index (χ4n) is 4.02. The Morgan fingerprint density at radius 2 is 1.68 bits per heavy atom. The molecule has 1 aliphatic rings. The first-order valence-corrected chi connectivity index (χ1v) is 9.75. The Labute approximate surface area is 164 Å². The second-order valence-electron chi connectivity index (χ2n) is 7.63. The van der Waals surface area contributed by atoms with Crippen molar-refractivity contribution < 1.29 is 4.79 Å². The number of aromatic nitrogens is 2. The number of amides is 1. The molecule has 3 aromatic rings. The minimum Gasteiger partial charge on any atom is -0.326 e. The van der Waals surface area contributed by atoms with Gasteiger partial charge in [0.1, 0.15) is 0 Å². The number of anilines is 1. The third kappa shape index (κ3) is 3.60. The highest BCUT2D eigenvalue weighted by Gasteiger charge is 2.25. The first kappa shape index (κ1) is 18.5. The molecule has 1 aliphatic heterocycles. The lowest BCUT2D eigenvalue weighted by Crippen LogP contribution is -2.37. The molecule has 0 atom stereocenters. The Balaban J connectivity index is 1.37. The van der Waals surface area contributed by atoms with E-state index in [0.29, 0.717) is 0 Å². The van der Waals surface area contributed by atoms with Gasteiger partial charge < -0.3 is 5.32 Å². The maximum Gasteiger partial charge on any atom is 0.328 e. The third-order valence-corrected chi connectivity index (χ3v) is 5.75. The average Bonchev–Trinajstić information content (AvgIpc) is 2.93. The predicted molar refractivity (Wildman–Crippen MR) is 111 cm³/mol. The zero-order chi connectivity index (χ0) is 19.7. The minimum absolute atomic E-state index is 0.0299. The highest BCUT2D eigenvalue weighted by atomic mass is 16.2. The van der Waals surface area contributed by atoms with E-state index in [-0.39, 0.29) is 17.5 Å². The van der Waals surface area contributed by atoms with Gasteiger partial charge in [-0.1, -0.05) is 30.3 Å². The number of imidazole rings is 1. The van der Waals surface area contributed by atoms with Gasteiger partial charge >= 0.3 is 5.69 Å². The summed E-state index contributed by atoms with van der Waals surface area (Å²) in [5.74, 6) is 0.0990. The van der Waals surface area contributed by atoms with Gasteiger partial charge in [-0.05, 0) is 49.7 Å². The molecular weight excluding hydrogens is 352 g/mol. The zero-order valence-electron chi connectivity index (χ0n) is 16.4. The maximum absolute atomic E-state index is 12.7. The normalized spacial score (nSPS) is 15.8. The van der Waals surface area contributed by atoms with Crippen LogP contribution in [0.4, 0.5) is 5.69 Å². The van der Waals surface area contributed by atoms with Gasteiger partial charge in [0, 0.05) is 32.2 Å². The highest BCUT2D eigenvalue weighted by Crippen LogP contribution is 2.22. The van der Waals surface area contributed by atoms with Crippen LogP contribution in [0.1, 0.15) is 18.4 Å². The quantitative estimate of drug-likeness (QED) is 0.759. The number of benzene rings is 2. The van der Waals surface area contributed by atoms with Crippen LogP contribution in [0.3, 0.4) is 0 Å². The SMILES string of the molecule is Cn1c(=O)n(C)c2cc(NC(=O)C3CCN(Cc4ccccc4)CC3)ccc21. The molecule has 0 radical (unpaired) electrons. The lowest BCUT2D eigenvalue weighted by molar-refractivity contribution is -0.121. The highest BCUT2D eigenvalue weighted by molar-refractivity contribution is 5.94. The van der Waals surface area contributed by atoms with Gasteiger partial charge in [0.05, 0.1) is 11.0 Å². The molecule has 4 rings (SSSR count). The lowest BCUT2D eigenvalue weighted by atomic mass is 9.95. The Morgan fingerprint density at radius 1 is 1.00 bits per heavy atom. The van der Waals surface area contributed by atoms with Crippen molar-refractivity contribution in [1.82, 2.24) is 14.0 Å². The summed E-state index contributed by atoms with van der Waals surface area (Å²) in [5, 5.41) is 3.04. The van der Waals surface area contributed by atoms with Crippen molar-refractivity contribution in [1.29, 1.82) is 0 Å². The molecule has 0 unspecified atom stereocenters. The molecule has 146 valence electrons. The van der Waals surface area contributed by atoms with Crippen molar-refractivity contribution >= 4 is 22.6 Å². The summed E-state index contributed by atoms with van der Waals surface area (Å²) in [6, 6.07) is 16.1. The number of nitrogens with zero attached hydrogens (tertiary/aromatic N) is 3. The van der Waals surface area contributed by atoms with Crippen LogP contribution in [-0.2, 0) is 25.4 Å². The second kappa shape index (κ2) is 7.64. The van der Waals surface area contributed by atoms with Crippen LogP contribution in [0.15, 0.2) is 53.3 Å². The van der Waals surface area contributed by atoms with Gasteiger partial charge in [0.15, 0.2) is 0 Å². The number of aryl methyl sites for hydroxylation is 2. The Bertz CT molecular complexity index is 1040. The van der Waals surface area contributed by atoms with E-state index in [1.54, 1.807) is 23.2 Å². The molecule has 6 heteroatoms. The summed E-state index contributed by atoms with van der Waals surface area (Å²) in [5.41, 5.74) is 3.67. The standard InChI is InChI=1S/C22H26N4O2/c1-24-19-9-8-18(14-20(19)25(2)22(24)28)23-21(27)17-10-12-26(13-11-17)15-16-6-4-3-5-7-16/h3-9,14,17H,10-13,15H2,1-2H3,(H,23,27). The van der Waals surface area contributed by atoms with Crippen LogP contribution in [0.2, 0.25) is 0 Å². The smallest absolute Gasteiger partial charge is 0.326 e. The van der Waals surface area contributed by atoms with Crippen LogP contribution in [0.5, 0.6) is 0 Å². The summed E-state index contributed by atoms with van der Waals surface area (Å²) in [6.45, 7) is 2.80. The Morgan fingerprint density at radius 3 is 2.39 bits per heavy atom. The number of nitrogens with one attached hydrogen (secondary N) is 1. The van der Waals surface area contributed by atoms with Crippen molar-refractivity contribution in [2.24, 2.45) is 20.0 Å². The molecule has 6 nitrogen and oxygen atoms in total. The third-order valence-electron chi connectivity index (χ3n) is 5.75. The average molecular weight is 378 g/mol. The van der Waals surface area contributed by atoms with Crippen molar-refractivity contribution in [3.05, 3.63) is 64.6 Å². The van der Waals surface area contributed by atoms with Gasteiger partial charge in [0.25, 0.3) is 0 Å². The van der Waals surface area contributed by atoms with Crippen molar-refractivity contribution in [2.45, 2.75) is 19.4 Å². The molecule has 0 saturated carbocycles. The molecule has 1 amide bonds. The van der Waals surface area contributed by atoms with E-state index < -0.39 is 0 Å². The molecule has 2 aromatic carbocycles. The molecule has 2 heterocycles. The first-order valence-electron chi connectivity index (χ1n) is 9.75. The van der Waals surface area contributed by atoms with E-state index >= 15 is 0 Å². The monoisotopic (exact) mass is 378 g/mol. The maximum atomic E-state index is 12.7. The van der Waals surface area contributed by atoms with E-state index in [9.17, 15) is 9.59 Å². The van der Waals surface area contributed by atoms with Crippen LogP contribution in [-0.4, -0.2) is 33.0 Å². The fourth-order valence-corrected chi connectivity index (χ4v) is 4.02. The summed E-state index contributed by atoms with van der Waals surface area (Å²) >= 11 is 0. The number of rotatable bonds is 4. The van der Waals surface area contributed by atoms with E-state index in [1.807, 2.05) is 24.3 Å². The van der Waals surface area contributed by atoms with E-state index in [1.165, 1.54) is 5.56 Å². The molecule has 28 heavy (non-hydrogen) atoms. The van der Waals surface area contributed by atoms with Crippen LogP contribution in [0, 0.1) is 5.92 Å². The number of carbonyl (C=O) groups is 1. The molecule has 1 fully saturated rings. The van der Waals surface area contributed by atoms with E-state index in [0.717, 1.165) is 49.2 Å². The summed E-state index contributed by atoms with van der Waals surface area (Å²) in [4.78, 5) is 27.2. The molecule has 1 N–H and O–H groups in total. The molecular formula is C22H26N4O2. The van der Waals surface area contributed by atoms with Crippen LogP contribution >= 0.6 is 0 Å². The van der Waals surface area contributed by atoms with Crippen molar-refractivity contribution in [3.63, 3.8) is 0 Å². The lowest BCUT2D eigenvalue weighted by Gasteiger charge is -2.31. The van der Waals surface area contributed by atoms with E-state index in [4.69, 9.17) is 0 Å². The molecule has 0 bridgehead atoms. The van der Waals surface area contributed by atoms with Crippen LogP contribution in [0.25, 0.3) is 11.0 Å². The predicted octanol–water partition coefficient (Wildman–Crippen LogP) is 2.73. The number of likely N-dealkylation sites (tertiary alicyclic amines) is 1.